The van der Waals surface area contributed by atoms with Gasteiger partial charge >= 0.3 is 0 Å². The fourth-order valence-electron chi connectivity index (χ4n) is 4.01. The molecule has 1 aliphatic carbocycles. The summed E-state index contributed by atoms with van der Waals surface area (Å²) >= 11 is 0. The van der Waals surface area contributed by atoms with Crippen molar-refractivity contribution in [2.75, 3.05) is 6.54 Å². The third-order valence-electron chi connectivity index (χ3n) is 4.32. The van der Waals surface area contributed by atoms with Crippen molar-refractivity contribution in [2.24, 2.45) is 22.1 Å². The lowest BCUT2D eigenvalue weighted by molar-refractivity contribution is 0.121. The molecule has 2 aliphatic rings. The molecule has 0 bridgehead atoms. The minimum Gasteiger partial charge on any atom is -0.370 e. The summed E-state index contributed by atoms with van der Waals surface area (Å²) in [5.74, 6) is 1.43. The Hall–Kier alpha value is -0.730. The predicted octanol–water partition coefficient (Wildman–Crippen LogP) is 2.22. The van der Waals surface area contributed by atoms with Gasteiger partial charge in [-0.25, -0.2) is 0 Å². The SMILES string of the molecule is CC(C)N1C(N)=NCC12CC(C)(C)CC2C. The van der Waals surface area contributed by atoms with E-state index in [2.05, 4.69) is 44.5 Å². The first-order valence-corrected chi connectivity index (χ1v) is 6.38. The van der Waals surface area contributed by atoms with Gasteiger partial charge in [-0.1, -0.05) is 20.8 Å². The van der Waals surface area contributed by atoms with Gasteiger partial charge in [0.2, 0.25) is 0 Å². The van der Waals surface area contributed by atoms with Crippen LogP contribution in [0.2, 0.25) is 0 Å². The predicted molar refractivity (Wildman–Crippen MR) is 68.4 cm³/mol. The molecule has 3 nitrogen and oxygen atoms in total. The molecule has 3 heteroatoms. The molecule has 0 aromatic rings. The van der Waals surface area contributed by atoms with Crippen molar-refractivity contribution >= 4 is 5.96 Å². The number of rotatable bonds is 1. The smallest absolute Gasteiger partial charge is 0.192 e. The average Bonchev–Trinajstić information content (AvgIpc) is 2.52. The van der Waals surface area contributed by atoms with Crippen molar-refractivity contribution in [3.8, 4) is 0 Å². The lowest BCUT2D eigenvalue weighted by Gasteiger charge is -2.42. The zero-order valence-electron chi connectivity index (χ0n) is 11.2. The molecule has 16 heavy (non-hydrogen) atoms. The molecule has 1 fully saturated rings. The molecule has 2 unspecified atom stereocenters. The van der Waals surface area contributed by atoms with Crippen molar-refractivity contribution in [2.45, 2.75) is 59.0 Å². The molecule has 92 valence electrons. The Morgan fingerprint density at radius 1 is 1.44 bits per heavy atom. The minimum atomic E-state index is 0.196. The van der Waals surface area contributed by atoms with E-state index in [9.17, 15) is 0 Å². The van der Waals surface area contributed by atoms with Crippen LogP contribution in [0.15, 0.2) is 4.99 Å². The second kappa shape index (κ2) is 3.38. The van der Waals surface area contributed by atoms with Crippen LogP contribution in [0.1, 0.15) is 47.5 Å². The largest absolute Gasteiger partial charge is 0.370 e. The Kier molecular flexibility index (Phi) is 2.48. The first-order chi connectivity index (χ1) is 7.28. The first-order valence-electron chi connectivity index (χ1n) is 6.38. The van der Waals surface area contributed by atoms with E-state index < -0.39 is 0 Å². The molecule has 2 N–H and O–H groups in total. The van der Waals surface area contributed by atoms with Crippen LogP contribution >= 0.6 is 0 Å². The van der Waals surface area contributed by atoms with Crippen molar-refractivity contribution in [1.29, 1.82) is 0 Å². The molecule has 0 amide bonds. The summed E-state index contributed by atoms with van der Waals surface area (Å²) in [4.78, 5) is 6.88. The highest BCUT2D eigenvalue weighted by molar-refractivity contribution is 5.81. The van der Waals surface area contributed by atoms with Gasteiger partial charge in [-0.15, -0.1) is 0 Å². The molecule has 1 aliphatic heterocycles. The number of nitrogens with two attached hydrogens (primary N) is 1. The Morgan fingerprint density at radius 2 is 2.06 bits per heavy atom. The lowest BCUT2D eigenvalue weighted by Crippen LogP contribution is -2.56. The van der Waals surface area contributed by atoms with E-state index in [4.69, 9.17) is 5.73 Å². The van der Waals surface area contributed by atoms with E-state index in [1.54, 1.807) is 0 Å². The standard InChI is InChI=1S/C13H25N3/c1-9(2)16-11(14)15-8-13(16)7-12(4,5)6-10(13)3/h9-10H,6-8H2,1-5H3,(H2,14,15). The summed E-state index contributed by atoms with van der Waals surface area (Å²) in [5.41, 5.74) is 6.68. The molecule has 1 saturated carbocycles. The number of nitrogens with zero attached hydrogens (tertiary/aromatic N) is 2. The number of aliphatic imine (C=N–C) groups is 1. The van der Waals surface area contributed by atoms with Crippen LogP contribution in [0.5, 0.6) is 0 Å². The van der Waals surface area contributed by atoms with E-state index in [1.165, 1.54) is 12.8 Å². The van der Waals surface area contributed by atoms with Crippen LogP contribution in [-0.4, -0.2) is 29.0 Å². The fraction of sp³-hybridized carbons (Fsp3) is 0.923. The highest BCUT2D eigenvalue weighted by Crippen LogP contribution is 2.52. The summed E-state index contributed by atoms with van der Waals surface area (Å²) in [6.45, 7) is 12.4. The molecule has 0 radical (unpaired) electrons. The van der Waals surface area contributed by atoms with Gasteiger partial charge in [0.05, 0.1) is 12.1 Å². The highest BCUT2D eigenvalue weighted by atomic mass is 15.4. The Bertz CT molecular complexity index is 319. The van der Waals surface area contributed by atoms with Gasteiger partial charge in [0.25, 0.3) is 0 Å². The zero-order valence-corrected chi connectivity index (χ0v) is 11.2. The van der Waals surface area contributed by atoms with Crippen molar-refractivity contribution in [3.05, 3.63) is 0 Å². The molecular weight excluding hydrogens is 198 g/mol. The Morgan fingerprint density at radius 3 is 2.50 bits per heavy atom. The number of hydrogen-bond donors (Lipinski definition) is 1. The Balaban J connectivity index is 2.33. The molecule has 1 heterocycles. The Labute approximate surface area is 99.1 Å². The van der Waals surface area contributed by atoms with Gasteiger partial charge in [0.15, 0.2) is 5.96 Å². The van der Waals surface area contributed by atoms with Crippen LogP contribution in [0.3, 0.4) is 0 Å². The zero-order chi connectivity index (χ0) is 12.1. The first kappa shape index (κ1) is 11.7. The maximum Gasteiger partial charge on any atom is 0.192 e. The second-order valence-corrected chi connectivity index (χ2v) is 6.69. The van der Waals surface area contributed by atoms with Crippen molar-refractivity contribution in [1.82, 2.24) is 4.90 Å². The summed E-state index contributed by atoms with van der Waals surface area (Å²) in [5, 5.41) is 0. The molecule has 2 rings (SSSR count). The third kappa shape index (κ3) is 1.52. The van der Waals surface area contributed by atoms with Crippen LogP contribution < -0.4 is 5.73 Å². The van der Waals surface area contributed by atoms with Gasteiger partial charge in [-0.2, -0.15) is 0 Å². The van der Waals surface area contributed by atoms with Crippen LogP contribution in [0.4, 0.5) is 0 Å². The minimum absolute atomic E-state index is 0.196. The molecule has 1 spiro atoms. The van der Waals surface area contributed by atoms with E-state index >= 15 is 0 Å². The van der Waals surface area contributed by atoms with Crippen molar-refractivity contribution < 1.29 is 0 Å². The van der Waals surface area contributed by atoms with Crippen molar-refractivity contribution in [3.63, 3.8) is 0 Å². The number of guanidine groups is 1. The van der Waals surface area contributed by atoms with Crippen LogP contribution in [0.25, 0.3) is 0 Å². The third-order valence-corrected chi connectivity index (χ3v) is 4.32. The van der Waals surface area contributed by atoms with Gasteiger partial charge in [-0.05, 0) is 38.0 Å². The lowest BCUT2D eigenvalue weighted by atomic mass is 9.85. The van der Waals surface area contributed by atoms with Gasteiger partial charge < -0.3 is 10.6 Å². The second-order valence-electron chi connectivity index (χ2n) is 6.69. The number of hydrogen-bond acceptors (Lipinski definition) is 3. The normalized spacial score (nSPS) is 37.5. The maximum atomic E-state index is 6.06. The summed E-state index contributed by atoms with van der Waals surface area (Å²) in [6.07, 6.45) is 2.49. The van der Waals surface area contributed by atoms with Crippen LogP contribution in [-0.2, 0) is 0 Å². The van der Waals surface area contributed by atoms with E-state index in [-0.39, 0.29) is 5.54 Å². The molecule has 0 aromatic carbocycles. The molecule has 2 atom stereocenters. The van der Waals surface area contributed by atoms with E-state index in [0.717, 1.165) is 12.5 Å². The maximum absolute atomic E-state index is 6.06. The topological polar surface area (TPSA) is 41.6 Å². The molecule has 0 aromatic heterocycles. The van der Waals surface area contributed by atoms with Gasteiger partial charge in [0.1, 0.15) is 0 Å². The molecular formula is C13H25N3. The van der Waals surface area contributed by atoms with E-state index in [1.807, 2.05) is 0 Å². The fourth-order valence-corrected chi connectivity index (χ4v) is 4.01. The summed E-state index contributed by atoms with van der Waals surface area (Å²) in [7, 11) is 0. The van der Waals surface area contributed by atoms with E-state index in [0.29, 0.717) is 17.4 Å². The monoisotopic (exact) mass is 223 g/mol. The summed E-state index contributed by atoms with van der Waals surface area (Å²) < 4.78 is 0. The van der Waals surface area contributed by atoms with Gasteiger partial charge in [-0.3, -0.25) is 4.99 Å². The molecule has 0 saturated heterocycles. The van der Waals surface area contributed by atoms with Gasteiger partial charge in [0, 0.05) is 6.04 Å². The quantitative estimate of drug-likeness (QED) is 0.740. The average molecular weight is 223 g/mol. The van der Waals surface area contributed by atoms with Crippen LogP contribution in [0, 0.1) is 11.3 Å². The highest BCUT2D eigenvalue weighted by Gasteiger charge is 2.55. The summed E-state index contributed by atoms with van der Waals surface area (Å²) in [6, 6.07) is 0.447.